The van der Waals surface area contributed by atoms with Crippen LogP contribution in [0.1, 0.15) is 11.1 Å². The number of hydrogen-bond acceptors (Lipinski definition) is 6. The minimum Gasteiger partial charge on any atom is -0.493 e. The molecule has 8 nitrogen and oxygen atoms in total. The second-order valence-electron chi connectivity index (χ2n) is 6.72. The third-order valence-corrected chi connectivity index (χ3v) is 6.12. The summed E-state index contributed by atoms with van der Waals surface area (Å²) in [6, 6.07) is 9.72. The third kappa shape index (κ3) is 5.64. The molecular weight excluding hydrogens is 408 g/mol. The minimum absolute atomic E-state index is 0.0102. The van der Waals surface area contributed by atoms with Crippen LogP contribution in [0.4, 0.5) is 5.69 Å². The molecule has 164 valence electrons. The number of amides is 1. The van der Waals surface area contributed by atoms with Gasteiger partial charge in [-0.3, -0.25) is 9.10 Å². The Morgan fingerprint density at radius 3 is 2.17 bits per heavy atom. The Kier molecular flexibility index (Phi) is 8.08. The van der Waals surface area contributed by atoms with E-state index in [9.17, 15) is 13.2 Å². The zero-order chi connectivity index (χ0) is 22.3. The summed E-state index contributed by atoms with van der Waals surface area (Å²) in [4.78, 5) is 12.4. The van der Waals surface area contributed by atoms with Gasteiger partial charge in [0.1, 0.15) is 6.54 Å². The highest BCUT2D eigenvalue weighted by atomic mass is 32.2. The van der Waals surface area contributed by atoms with Crippen LogP contribution in [0.2, 0.25) is 0 Å². The Bertz CT molecular complexity index is 971. The molecule has 0 fully saturated rings. The van der Waals surface area contributed by atoms with Gasteiger partial charge in [0.05, 0.1) is 31.4 Å². The van der Waals surface area contributed by atoms with E-state index >= 15 is 0 Å². The molecular formula is C21H28N2O6S. The Balaban J connectivity index is 2.50. The molecule has 0 heterocycles. The summed E-state index contributed by atoms with van der Waals surface area (Å²) in [6.45, 7) is 3.99. The molecule has 0 aliphatic heterocycles. The number of aryl methyl sites for hydroxylation is 2. The van der Waals surface area contributed by atoms with Crippen LogP contribution in [-0.2, 0) is 19.6 Å². The monoisotopic (exact) mass is 436 g/mol. The van der Waals surface area contributed by atoms with Gasteiger partial charge in [0.2, 0.25) is 5.91 Å². The van der Waals surface area contributed by atoms with Crippen molar-refractivity contribution in [2.24, 2.45) is 0 Å². The van der Waals surface area contributed by atoms with Crippen LogP contribution < -0.4 is 19.1 Å². The molecule has 2 rings (SSSR count). The number of carbonyl (C=O) groups excluding carboxylic acids is 1. The van der Waals surface area contributed by atoms with Crippen molar-refractivity contribution in [3.8, 4) is 11.5 Å². The van der Waals surface area contributed by atoms with Crippen LogP contribution in [0.3, 0.4) is 0 Å². The van der Waals surface area contributed by atoms with Crippen LogP contribution in [0.5, 0.6) is 11.5 Å². The van der Waals surface area contributed by atoms with Crippen LogP contribution in [0.25, 0.3) is 0 Å². The molecule has 0 radical (unpaired) electrons. The first kappa shape index (κ1) is 23.5. The number of anilines is 1. The largest absolute Gasteiger partial charge is 0.493 e. The number of ether oxygens (including phenoxy) is 3. The van der Waals surface area contributed by atoms with Gasteiger partial charge < -0.3 is 19.5 Å². The lowest BCUT2D eigenvalue weighted by molar-refractivity contribution is -0.119. The maximum absolute atomic E-state index is 13.5. The summed E-state index contributed by atoms with van der Waals surface area (Å²) in [5.41, 5.74) is 2.18. The van der Waals surface area contributed by atoms with Gasteiger partial charge in [0.25, 0.3) is 10.0 Å². The third-order valence-electron chi connectivity index (χ3n) is 4.35. The van der Waals surface area contributed by atoms with E-state index in [1.165, 1.54) is 39.5 Å². The van der Waals surface area contributed by atoms with E-state index in [-0.39, 0.29) is 23.7 Å². The van der Waals surface area contributed by atoms with E-state index in [0.29, 0.717) is 18.0 Å². The fourth-order valence-corrected chi connectivity index (χ4v) is 4.41. The zero-order valence-electron chi connectivity index (χ0n) is 17.9. The highest BCUT2D eigenvalue weighted by molar-refractivity contribution is 7.92. The highest BCUT2D eigenvalue weighted by Crippen LogP contribution is 2.32. The maximum Gasteiger partial charge on any atom is 0.264 e. The van der Waals surface area contributed by atoms with E-state index in [1.807, 2.05) is 19.9 Å². The maximum atomic E-state index is 13.5. The van der Waals surface area contributed by atoms with Crippen LogP contribution >= 0.6 is 0 Å². The average molecular weight is 437 g/mol. The van der Waals surface area contributed by atoms with Gasteiger partial charge in [-0.25, -0.2) is 8.42 Å². The molecule has 2 aromatic carbocycles. The van der Waals surface area contributed by atoms with E-state index < -0.39 is 15.9 Å². The van der Waals surface area contributed by atoms with Crippen molar-refractivity contribution in [1.29, 1.82) is 0 Å². The molecule has 9 heteroatoms. The molecule has 0 saturated carbocycles. The number of rotatable bonds is 10. The number of benzene rings is 2. The first-order valence-electron chi connectivity index (χ1n) is 9.31. The summed E-state index contributed by atoms with van der Waals surface area (Å²) in [7, 11) is 0.358. The number of carbonyl (C=O) groups is 1. The average Bonchev–Trinajstić information content (AvgIpc) is 2.70. The summed E-state index contributed by atoms with van der Waals surface area (Å²) >= 11 is 0. The Labute approximate surface area is 177 Å². The molecule has 0 aliphatic carbocycles. The standard InChI is InChI=1S/C21H28N2O6S/c1-15-10-16(2)12-17(11-15)23(14-21(24)22-8-9-27-3)30(25,26)18-6-7-19(28-4)20(13-18)29-5/h6-7,10-13H,8-9,14H2,1-5H3,(H,22,24). The lowest BCUT2D eigenvalue weighted by Crippen LogP contribution is -2.41. The summed E-state index contributed by atoms with van der Waals surface area (Å²) < 4.78 is 43.5. The second kappa shape index (κ2) is 10.3. The van der Waals surface area contributed by atoms with Gasteiger partial charge in [-0.05, 0) is 49.2 Å². The summed E-state index contributed by atoms with van der Waals surface area (Å²) in [5.74, 6) is 0.255. The van der Waals surface area contributed by atoms with Crippen molar-refractivity contribution in [2.45, 2.75) is 18.7 Å². The quantitative estimate of drug-likeness (QED) is 0.575. The van der Waals surface area contributed by atoms with Gasteiger partial charge in [-0.15, -0.1) is 0 Å². The Morgan fingerprint density at radius 2 is 1.60 bits per heavy atom. The summed E-state index contributed by atoms with van der Waals surface area (Å²) in [5, 5.41) is 2.66. The second-order valence-corrected chi connectivity index (χ2v) is 8.58. The topological polar surface area (TPSA) is 94.2 Å². The number of methoxy groups -OCH3 is 3. The molecule has 2 aromatic rings. The number of hydrogen-bond donors (Lipinski definition) is 1. The molecule has 30 heavy (non-hydrogen) atoms. The highest BCUT2D eigenvalue weighted by Gasteiger charge is 2.28. The normalized spacial score (nSPS) is 11.1. The van der Waals surface area contributed by atoms with Gasteiger partial charge >= 0.3 is 0 Å². The lowest BCUT2D eigenvalue weighted by atomic mass is 10.1. The smallest absolute Gasteiger partial charge is 0.264 e. The molecule has 0 saturated heterocycles. The van der Waals surface area contributed by atoms with Crippen molar-refractivity contribution >= 4 is 21.6 Å². The fourth-order valence-electron chi connectivity index (χ4n) is 2.99. The molecule has 0 spiro atoms. The van der Waals surface area contributed by atoms with Crippen LogP contribution in [0.15, 0.2) is 41.3 Å². The Morgan fingerprint density at radius 1 is 0.967 bits per heavy atom. The molecule has 1 N–H and O–H groups in total. The van der Waals surface area contributed by atoms with E-state index in [0.717, 1.165) is 15.4 Å². The zero-order valence-corrected chi connectivity index (χ0v) is 18.7. The molecule has 0 atom stereocenters. The van der Waals surface area contributed by atoms with Crippen LogP contribution in [-0.4, -0.2) is 55.4 Å². The SMILES string of the molecule is COCCNC(=O)CN(c1cc(C)cc(C)c1)S(=O)(=O)c1ccc(OC)c(OC)c1. The van der Waals surface area contributed by atoms with E-state index in [1.54, 1.807) is 12.1 Å². The van der Waals surface area contributed by atoms with Crippen molar-refractivity contribution in [3.05, 3.63) is 47.5 Å². The number of sulfonamides is 1. The molecule has 0 unspecified atom stereocenters. The predicted molar refractivity (Wildman–Crippen MR) is 115 cm³/mol. The molecule has 0 bridgehead atoms. The van der Waals surface area contributed by atoms with Crippen molar-refractivity contribution in [1.82, 2.24) is 5.32 Å². The van der Waals surface area contributed by atoms with Crippen molar-refractivity contribution in [3.63, 3.8) is 0 Å². The Hall–Kier alpha value is -2.78. The molecule has 0 aliphatic rings. The van der Waals surface area contributed by atoms with Crippen molar-refractivity contribution < 1.29 is 27.4 Å². The lowest BCUT2D eigenvalue weighted by Gasteiger charge is -2.25. The van der Waals surface area contributed by atoms with Crippen molar-refractivity contribution in [2.75, 3.05) is 45.3 Å². The van der Waals surface area contributed by atoms with Gasteiger partial charge in [0.15, 0.2) is 11.5 Å². The summed E-state index contributed by atoms with van der Waals surface area (Å²) in [6.07, 6.45) is 0. The predicted octanol–water partition coefficient (Wildman–Crippen LogP) is 2.28. The fraction of sp³-hybridized carbons (Fsp3) is 0.381. The number of nitrogens with one attached hydrogen (secondary N) is 1. The van der Waals surface area contributed by atoms with Gasteiger partial charge in [-0.1, -0.05) is 6.07 Å². The number of nitrogens with zero attached hydrogens (tertiary/aromatic N) is 1. The van der Waals surface area contributed by atoms with Gasteiger partial charge in [-0.2, -0.15) is 0 Å². The van der Waals surface area contributed by atoms with Crippen LogP contribution in [0, 0.1) is 13.8 Å². The minimum atomic E-state index is -4.07. The molecule has 1 amide bonds. The first-order chi connectivity index (χ1) is 14.2. The first-order valence-corrected chi connectivity index (χ1v) is 10.8. The van der Waals surface area contributed by atoms with Gasteiger partial charge in [0, 0.05) is 19.7 Å². The van der Waals surface area contributed by atoms with E-state index in [4.69, 9.17) is 14.2 Å². The van der Waals surface area contributed by atoms with E-state index in [2.05, 4.69) is 5.32 Å². The molecule has 0 aromatic heterocycles.